The van der Waals surface area contributed by atoms with Crippen molar-refractivity contribution in [2.24, 2.45) is 5.92 Å². The summed E-state index contributed by atoms with van der Waals surface area (Å²) < 4.78 is 19.0. The zero-order valence-corrected chi connectivity index (χ0v) is 15.5. The van der Waals surface area contributed by atoms with Gasteiger partial charge >= 0.3 is 0 Å². The lowest BCUT2D eigenvalue weighted by Crippen LogP contribution is -2.48. The van der Waals surface area contributed by atoms with Crippen molar-refractivity contribution in [2.75, 3.05) is 26.2 Å². The summed E-state index contributed by atoms with van der Waals surface area (Å²) in [5.74, 6) is 1.37. The summed E-state index contributed by atoms with van der Waals surface area (Å²) in [6.07, 6.45) is 0.804. The zero-order valence-electron chi connectivity index (χ0n) is 15.5. The lowest BCUT2D eigenvalue weighted by atomic mass is 10.1. The van der Waals surface area contributed by atoms with Crippen molar-refractivity contribution in [1.29, 1.82) is 0 Å². The monoisotopic (exact) mass is 360 g/mol. The molecule has 26 heavy (non-hydrogen) atoms. The first kappa shape index (κ1) is 18.5. The van der Waals surface area contributed by atoms with Crippen LogP contribution >= 0.6 is 0 Å². The third-order valence-corrected chi connectivity index (χ3v) is 4.54. The summed E-state index contributed by atoms with van der Waals surface area (Å²) >= 11 is 0. The predicted molar refractivity (Wildman–Crippen MR) is 95.2 cm³/mol. The second-order valence-corrected chi connectivity index (χ2v) is 7.23. The van der Waals surface area contributed by atoms with Crippen molar-refractivity contribution >= 4 is 5.91 Å². The maximum atomic E-state index is 13.7. The number of halogens is 1. The van der Waals surface area contributed by atoms with Gasteiger partial charge < -0.3 is 9.42 Å². The molecule has 1 aliphatic rings. The molecule has 140 valence electrons. The molecule has 0 spiro atoms. The second kappa shape index (κ2) is 7.95. The highest BCUT2D eigenvalue weighted by Crippen LogP contribution is 2.14. The Bertz CT molecular complexity index is 767. The van der Waals surface area contributed by atoms with Gasteiger partial charge in [-0.05, 0) is 30.5 Å². The zero-order chi connectivity index (χ0) is 18.7. The molecule has 1 saturated heterocycles. The number of carbonyl (C=O) groups is 1. The quantitative estimate of drug-likeness (QED) is 0.820. The fourth-order valence-electron chi connectivity index (χ4n) is 3.01. The van der Waals surface area contributed by atoms with Gasteiger partial charge in [0.15, 0.2) is 5.82 Å². The number of hydrogen-bond donors (Lipinski definition) is 0. The van der Waals surface area contributed by atoms with E-state index in [4.69, 9.17) is 4.52 Å². The molecule has 0 saturated carbocycles. The maximum absolute atomic E-state index is 13.7. The minimum atomic E-state index is -0.344. The first-order valence-electron chi connectivity index (χ1n) is 9.01. The first-order chi connectivity index (χ1) is 12.4. The van der Waals surface area contributed by atoms with E-state index in [9.17, 15) is 9.18 Å². The van der Waals surface area contributed by atoms with Crippen LogP contribution in [0.1, 0.15) is 41.5 Å². The predicted octanol–water partition coefficient (Wildman–Crippen LogP) is 2.67. The van der Waals surface area contributed by atoms with E-state index < -0.39 is 0 Å². The number of aryl methyl sites for hydroxylation is 1. The molecule has 0 bridgehead atoms. The number of aromatic nitrogens is 2. The van der Waals surface area contributed by atoms with Crippen LogP contribution in [0.2, 0.25) is 0 Å². The van der Waals surface area contributed by atoms with Crippen LogP contribution < -0.4 is 0 Å². The van der Waals surface area contributed by atoms with Crippen molar-refractivity contribution in [3.8, 4) is 0 Å². The Morgan fingerprint density at radius 1 is 1.27 bits per heavy atom. The molecular weight excluding hydrogens is 335 g/mol. The number of piperazine rings is 1. The number of rotatable bonds is 5. The lowest BCUT2D eigenvalue weighted by Gasteiger charge is -2.34. The standard InChI is InChI=1S/C19H25FN4O2/c1-13(2)10-17-21-18(26-22-17)12-23-6-8-24(9-7-23)19(25)15-5-4-14(3)16(20)11-15/h4-5,11,13H,6-10,12H2,1-3H3. The van der Waals surface area contributed by atoms with Crippen LogP contribution in [0.15, 0.2) is 22.7 Å². The summed E-state index contributed by atoms with van der Waals surface area (Å²) in [5.41, 5.74) is 0.944. The third kappa shape index (κ3) is 4.46. The number of hydrogen-bond acceptors (Lipinski definition) is 5. The van der Waals surface area contributed by atoms with Gasteiger partial charge in [0, 0.05) is 38.2 Å². The molecule has 3 rings (SSSR count). The Balaban J connectivity index is 1.53. The van der Waals surface area contributed by atoms with Gasteiger partial charge in [0.05, 0.1) is 6.54 Å². The van der Waals surface area contributed by atoms with Gasteiger partial charge in [-0.3, -0.25) is 9.69 Å². The van der Waals surface area contributed by atoms with Crippen molar-refractivity contribution in [2.45, 2.75) is 33.7 Å². The molecule has 1 aliphatic heterocycles. The normalized spacial score (nSPS) is 15.7. The van der Waals surface area contributed by atoms with E-state index in [-0.39, 0.29) is 11.7 Å². The third-order valence-electron chi connectivity index (χ3n) is 4.54. The fourth-order valence-corrected chi connectivity index (χ4v) is 3.01. The molecular formula is C19H25FN4O2. The number of carbonyl (C=O) groups excluding carboxylic acids is 1. The van der Waals surface area contributed by atoms with Crippen LogP contribution in [0, 0.1) is 18.7 Å². The molecule has 1 fully saturated rings. The van der Waals surface area contributed by atoms with E-state index in [0.29, 0.717) is 42.6 Å². The first-order valence-corrected chi connectivity index (χ1v) is 9.01. The summed E-state index contributed by atoms with van der Waals surface area (Å²) in [6, 6.07) is 4.64. The van der Waals surface area contributed by atoms with Gasteiger partial charge in [-0.15, -0.1) is 0 Å². The van der Waals surface area contributed by atoms with E-state index in [1.54, 1.807) is 24.0 Å². The highest BCUT2D eigenvalue weighted by molar-refractivity contribution is 5.94. The molecule has 0 N–H and O–H groups in total. The Hall–Kier alpha value is -2.28. The van der Waals surface area contributed by atoms with Gasteiger partial charge in [-0.1, -0.05) is 25.1 Å². The molecule has 7 heteroatoms. The lowest BCUT2D eigenvalue weighted by molar-refractivity contribution is 0.0614. The summed E-state index contributed by atoms with van der Waals surface area (Å²) in [7, 11) is 0. The average Bonchev–Trinajstić information content (AvgIpc) is 3.03. The van der Waals surface area contributed by atoms with E-state index in [1.807, 2.05) is 0 Å². The van der Waals surface area contributed by atoms with Gasteiger partial charge in [0.1, 0.15) is 5.82 Å². The van der Waals surface area contributed by atoms with Crippen LogP contribution in [0.5, 0.6) is 0 Å². The van der Waals surface area contributed by atoms with E-state index in [2.05, 4.69) is 28.9 Å². The van der Waals surface area contributed by atoms with E-state index in [1.165, 1.54) is 6.07 Å². The minimum Gasteiger partial charge on any atom is -0.338 e. The van der Waals surface area contributed by atoms with Crippen LogP contribution in [0.4, 0.5) is 4.39 Å². The molecule has 0 unspecified atom stereocenters. The van der Waals surface area contributed by atoms with Crippen LogP contribution in [0.25, 0.3) is 0 Å². The minimum absolute atomic E-state index is 0.124. The highest BCUT2D eigenvalue weighted by Gasteiger charge is 2.24. The van der Waals surface area contributed by atoms with Crippen LogP contribution in [0.3, 0.4) is 0 Å². The largest absolute Gasteiger partial charge is 0.338 e. The molecule has 6 nitrogen and oxygen atoms in total. The van der Waals surface area contributed by atoms with E-state index in [0.717, 1.165) is 25.3 Å². The Kier molecular flexibility index (Phi) is 5.66. The second-order valence-electron chi connectivity index (χ2n) is 7.23. The smallest absolute Gasteiger partial charge is 0.254 e. The fraction of sp³-hybridized carbons (Fsp3) is 0.526. The molecule has 0 aliphatic carbocycles. The highest BCUT2D eigenvalue weighted by atomic mass is 19.1. The molecule has 1 aromatic heterocycles. The summed E-state index contributed by atoms with van der Waals surface area (Å²) in [5, 5.41) is 4.01. The molecule has 2 aromatic rings. The Morgan fingerprint density at radius 2 is 2.00 bits per heavy atom. The molecule has 2 heterocycles. The Labute approximate surface area is 153 Å². The van der Waals surface area contributed by atoms with Crippen LogP contribution in [-0.2, 0) is 13.0 Å². The van der Waals surface area contributed by atoms with Gasteiger partial charge in [-0.25, -0.2) is 4.39 Å². The van der Waals surface area contributed by atoms with E-state index >= 15 is 0 Å². The van der Waals surface area contributed by atoms with Gasteiger partial charge in [-0.2, -0.15) is 4.98 Å². The number of nitrogens with zero attached hydrogens (tertiary/aromatic N) is 4. The van der Waals surface area contributed by atoms with Crippen molar-refractivity contribution in [1.82, 2.24) is 19.9 Å². The van der Waals surface area contributed by atoms with Gasteiger partial charge in [0.25, 0.3) is 5.91 Å². The topological polar surface area (TPSA) is 62.5 Å². The molecule has 1 aromatic carbocycles. The van der Waals surface area contributed by atoms with Crippen molar-refractivity contribution in [3.05, 3.63) is 46.9 Å². The Morgan fingerprint density at radius 3 is 2.65 bits per heavy atom. The number of amides is 1. The average molecular weight is 360 g/mol. The molecule has 0 radical (unpaired) electrons. The number of benzene rings is 1. The molecule has 0 atom stereocenters. The summed E-state index contributed by atoms with van der Waals surface area (Å²) in [6.45, 7) is 9.16. The SMILES string of the molecule is Cc1ccc(C(=O)N2CCN(Cc3nc(CC(C)C)no3)CC2)cc1F. The molecule has 1 amide bonds. The van der Waals surface area contributed by atoms with Crippen molar-refractivity contribution < 1.29 is 13.7 Å². The summed E-state index contributed by atoms with van der Waals surface area (Å²) in [4.78, 5) is 20.9. The van der Waals surface area contributed by atoms with Crippen LogP contribution in [-0.4, -0.2) is 52.0 Å². The maximum Gasteiger partial charge on any atom is 0.254 e. The van der Waals surface area contributed by atoms with Crippen molar-refractivity contribution in [3.63, 3.8) is 0 Å². The van der Waals surface area contributed by atoms with Gasteiger partial charge in [0.2, 0.25) is 5.89 Å².